The Kier molecular flexibility index (Phi) is 7.10. The summed E-state index contributed by atoms with van der Waals surface area (Å²) in [6.07, 6.45) is -0.163. The van der Waals surface area contributed by atoms with Gasteiger partial charge in [0.15, 0.2) is 0 Å². The Labute approximate surface area is 113 Å². The summed E-state index contributed by atoms with van der Waals surface area (Å²) >= 11 is 0. The number of hydrogen-bond donors (Lipinski definition) is 0. The van der Waals surface area contributed by atoms with Crippen LogP contribution in [0.25, 0.3) is 0 Å². The lowest BCUT2D eigenvalue weighted by atomic mass is 10.1. The number of esters is 1. The van der Waals surface area contributed by atoms with Crippen molar-refractivity contribution in [1.29, 1.82) is 0 Å². The Hall–Kier alpha value is -1.43. The van der Waals surface area contributed by atoms with Crippen LogP contribution in [0.5, 0.6) is 0 Å². The van der Waals surface area contributed by atoms with Crippen molar-refractivity contribution in [2.75, 3.05) is 41.2 Å². The third-order valence-corrected chi connectivity index (χ3v) is 2.69. The number of rotatable bonds is 8. The van der Waals surface area contributed by atoms with Gasteiger partial charge in [0.25, 0.3) is 0 Å². The molecule has 0 saturated heterocycles. The van der Waals surface area contributed by atoms with Crippen LogP contribution in [0.4, 0.5) is 0 Å². The van der Waals surface area contributed by atoms with Crippen LogP contribution >= 0.6 is 0 Å². The van der Waals surface area contributed by atoms with Crippen LogP contribution in [0.1, 0.15) is 22.0 Å². The lowest BCUT2D eigenvalue weighted by Crippen LogP contribution is -2.13. The molecule has 106 valence electrons. The van der Waals surface area contributed by atoms with E-state index in [9.17, 15) is 4.79 Å². The van der Waals surface area contributed by atoms with Gasteiger partial charge in [-0.3, -0.25) is 0 Å². The van der Waals surface area contributed by atoms with E-state index in [0.29, 0.717) is 25.4 Å². The molecule has 1 rings (SSSR count). The third-order valence-electron chi connectivity index (χ3n) is 2.69. The Morgan fingerprint density at radius 1 is 1.11 bits per heavy atom. The van der Waals surface area contributed by atoms with E-state index >= 15 is 0 Å². The van der Waals surface area contributed by atoms with Gasteiger partial charge in [0, 0.05) is 14.2 Å². The predicted molar refractivity (Wildman–Crippen MR) is 70.2 cm³/mol. The van der Waals surface area contributed by atoms with Gasteiger partial charge < -0.3 is 18.9 Å². The second-order valence-corrected chi connectivity index (χ2v) is 3.91. The van der Waals surface area contributed by atoms with E-state index < -0.39 is 0 Å². The van der Waals surface area contributed by atoms with E-state index in [-0.39, 0.29) is 12.1 Å². The van der Waals surface area contributed by atoms with Gasteiger partial charge in [0.05, 0.1) is 32.5 Å². The fourth-order valence-electron chi connectivity index (χ4n) is 1.58. The number of carbonyl (C=O) groups excluding carboxylic acids is 1. The highest BCUT2D eigenvalue weighted by Gasteiger charge is 2.12. The summed E-state index contributed by atoms with van der Waals surface area (Å²) in [5.41, 5.74) is 1.47. The molecule has 0 radical (unpaired) electrons. The van der Waals surface area contributed by atoms with Gasteiger partial charge in [0.2, 0.25) is 0 Å². The SMILES string of the molecule is COCCOCC(OC)c1ccc(C(=O)OC)cc1. The molecular formula is C14H20O5. The lowest BCUT2D eigenvalue weighted by molar-refractivity contribution is -0.00825. The van der Waals surface area contributed by atoms with Gasteiger partial charge in [-0.05, 0) is 17.7 Å². The largest absolute Gasteiger partial charge is 0.465 e. The molecule has 5 nitrogen and oxygen atoms in total. The van der Waals surface area contributed by atoms with Crippen LogP contribution in [-0.4, -0.2) is 47.1 Å². The molecule has 1 aromatic carbocycles. The predicted octanol–water partition coefficient (Wildman–Crippen LogP) is 1.82. The molecule has 0 aromatic heterocycles. The van der Waals surface area contributed by atoms with E-state index in [1.165, 1.54) is 7.11 Å². The van der Waals surface area contributed by atoms with Gasteiger partial charge in [-0.15, -0.1) is 0 Å². The molecule has 0 amide bonds. The maximum absolute atomic E-state index is 11.3. The van der Waals surface area contributed by atoms with Gasteiger partial charge in [-0.25, -0.2) is 4.79 Å². The zero-order valence-electron chi connectivity index (χ0n) is 11.5. The van der Waals surface area contributed by atoms with E-state index in [0.717, 1.165) is 5.56 Å². The van der Waals surface area contributed by atoms with Crippen molar-refractivity contribution in [2.24, 2.45) is 0 Å². The van der Waals surface area contributed by atoms with Crippen LogP contribution in [0, 0.1) is 0 Å². The minimum Gasteiger partial charge on any atom is -0.465 e. The van der Waals surface area contributed by atoms with E-state index in [2.05, 4.69) is 4.74 Å². The highest BCUT2D eigenvalue weighted by Crippen LogP contribution is 2.18. The van der Waals surface area contributed by atoms with E-state index in [1.807, 2.05) is 12.1 Å². The summed E-state index contributed by atoms with van der Waals surface area (Å²) in [6.45, 7) is 1.52. The molecule has 1 atom stereocenters. The second kappa shape index (κ2) is 8.63. The molecule has 0 N–H and O–H groups in total. The average molecular weight is 268 g/mol. The van der Waals surface area contributed by atoms with Crippen molar-refractivity contribution in [1.82, 2.24) is 0 Å². The average Bonchev–Trinajstić information content (AvgIpc) is 2.47. The minimum atomic E-state index is -0.350. The first-order chi connectivity index (χ1) is 9.22. The summed E-state index contributed by atoms with van der Waals surface area (Å²) in [7, 11) is 4.61. The maximum Gasteiger partial charge on any atom is 0.337 e. The first kappa shape index (κ1) is 15.6. The van der Waals surface area contributed by atoms with Crippen molar-refractivity contribution in [3.05, 3.63) is 35.4 Å². The standard InChI is InChI=1S/C14H20O5/c1-16-8-9-19-10-13(17-2)11-4-6-12(7-5-11)14(15)18-3/h4-7,13H,8-10H2,1-3H3. The maximum atomic E-state index is 11.3. The summed E-state index contributed by atoms with van der Waals surface area (Å²) in [4.78, 5) is 11.3. The van der Waals surface area contributed by atoms with Crippen LogP contribution in [0.2, 0.25) is 0 Å². The molecule has 0 spiro atoms. The highest BCUT2D eigenvalue weighted by atomic mass is 16.5. The van der Waals surface area contributed by atoms with Crippen molar-refractivity contribution in [3.8, 4) is 0 Å². The van der Waals surface area contributed by atoms with Crippen LogP contribution in [0.15, 0.2) is 24.3 Å². The first-order valence-corrected chi connectivity index (χ1v) is 6.00. The van der Waals surface area contributed by atoms with Crippen LogP contribution < -0.4 is 0 Å². The second-order valence-electron chi connectivity index (χ2n) is 3.91. The molecule has 1 unspecified atom stereocenters. The van der Waals surface area contributed by atoms with Gasteiger partial charge in [0.1, 0.15) is 6.10 Å². The summed E-state index contributed by atoms with van der Waals surface area (Å²) in [6, 6.07) is 7.09. The summed E-state index contributed by atoms with van der Waals surface area (Å²) < 4.78 is 20.3. The van der Waals surface area contributed by atoms with Crippen molar-refractivity contribution >= 4 is 5.97 Å². The molecule has 0 fully saturated rings. The third kappa shape index (κ3) is 4.98. The normalized spacial score (nSPS) is 12.2. The quantitative estimate of drug-likeness (QED) is 0.532. The fourth-order valence-corrected chi connectivity index (χ4v) is 1.58. The lowest BCUT2D eigenvalue weighted by Gasteiger charge is -2.16. The molecular weight excluding hydrogens is 248 g/mol. The van der Waals surface area contributed by atoms with E-state index in [1.54, 1.807) is 26.4 Å². The Morgan fingerprint density at radius 3 is 2.32 bits per heavy atom. The number of ether oxygens (including phenoxy) is 4. The molecule has 0 bridgehead atoms. The Balaban J connectivity index is 2.58. The highest BCUT2D eigenvalue weighted by molar-refractivity contribution is 5.89. The minimum absolute atomic E-state index is 0.163. The Bertz CT molecular complexity index is 374. The summed E-state index contributed by atoms with van der Waals surface area (Å²) in [5.74, 6) is -0.350. The van der Waals surface area contributed by atoms with Gasteiger partial charge >= 0.3 is 5.97 Å². The zero-order valence-corrected chi connectivity index (χ0v) is 11.5. The fraction of sp³-hybridized carbons (Fsp3) is 0.500. The smallest absolute Gasteiger partial charge is 0.337 e. The zero-order chi connectivity index (χ0) is 14.1. The van der Waals surface area contributed by atoms with Gasteiger partial charge in [-0.2, -0.15) is 0 Å². The van der Waals surface area contributed by atoms with Gasteiger partial charge in [-0.1, -0.05) is 12.1 Å². The Morgan fingerprint density at radius 2 is 1.79 bits per heavy atom. The molecule has 0 aliphatic carbocycles. The number of methoxy groups -OCH3 is 3. The molecule has 0 heterocycles. The van der Waals surface area contributed by atoms with Crippen molar-refractivity contribution in [3.63, 3.8) is 0 Å². The van der Waals surface area contributed by atoms with Crippen molar-refractivity contribution < 1.29 is 23.7 Å². The number of benzene rings is 1. The van der Waals surface area contributed by atoms with E-state index in [4.69, 9.17) is 14.2 Å². The number of hydrogen-bond acceptors (Lipinski definition) is 5. The first-order valence-electron chi connectivity index (χ1n) is 6.00. The molecule has 1 aromatic rings. The summed E-state index contributed by atoms with van der Waals surface area (Å²) in [5, 5.41) is 0. The van der Waals surface area contributed by atoms with Crippen LogP contribution in [-0.2, 0) is 18.9 Å². The molecule has 0 aliphatic heterocycles. The molecule has 0 aliphatic rings. The molecule has 0 saturated carbocycles. The topological polar surface area (TPSA) is 54.0 Å². The molecule has 19 heavy (non-hydrogen) atoms. The molecule has 5 heteroatoms. The number of carbonyl (C=O) groups is 1. The monoisotopic (exact) mass is 268 g/mol. The van der Waals surface area contributed by atoms with Crippen molar-refractivity contribution in [2.45, 2.75) is 6.10 Å². The van der Waals surface area contributed by atoms with Crippen LogP contribution in [0.3, 0.4) is 0 Å².